The topological polar surface area (TPSA) is 93.6 Å². The Balaban J connectivity index is 1.52. The average Bonchev–Trinajstić information content (AvgIpc) is 3.36. The van der Waals surface area contributed by atoms with Crippen LogP contribution in [0.15, 0.2) is 107 Å². The molecule has 1 saturated heterocycles. The fraction of sp³-hybridized carbons (Fsp3) is 0.267. The van der Waals surface area contributed by atoms with E-state index in [1.54, 1.807) is 6.92 Å². The van der Waals surface area contributed by atoms with Gasteiger partial charge in [0.05, 0.1) is 12.7 Å². The molecule has 1 aliphatic rings. The predicted molar refractivity (Wildman–Crippen MR) is 140 cm³/mol. The number of hydrogen-bond donors (Lipinski definition) is 2. The fourth-order valence-electron chi connectivity index (χ4n) is 5.10. The minimum absolute atomic E-state index is 0.114. The molecule has 1 fully saturated rings. The van der Waals surface area contributed by atoms with E-state index in [1.807, 2.05) is 91.0 Å². The smallest absolute Gasteiger partial charge is 0.330 e. The Morgan fingerprint density at radius 1 is 0.919 bits per heavy atom. The quantitative estimate of drug-likeness (QED) is 0.361. The lowest BCUT2D eigenvalue weighted by Gasteiger charge is -2.37. The van der Waals surface area contributed by atoms with E-state index in [0.717, 1.165) is 16.7 Å². The Bertz CT molecular complexity index is 1340. The van der Waals surface area contributed by atoms with E-state index in [-0.39, 0.29) is 19.1 Å². The number of ether oxygens (including phenoxy) is 2. The molecule has 1 aliphatic heterocycles. The second kappa shape index (κ2) is 10.7. The van der Waals surface area contributed by atoms with Crippen LogP contribution in [0.25, 0.3) is 0 Å². The molecule has 4 aromatic rings. The number of hydrogen-bond acceptors (Lipinski definition) is 5. The van der Waals surface area contributed by atoms with Gasteiger partial charge < -0.3 is 14.6 Å². The van der Waals surface area contributed by atoms with Gasteiger partial charge in [0.25, 0.3) is 5.56 Å². The van der Waals surface area contributed by atoms with Crippen molar-refractivity contribution in [3.63, 3.8) is 0 Å². The molecule has 0 spiro atoms. The maximum absolute atomic E-state index is 12.5. The molecular weight excluding hydrogens is 468 g/mol. The van der Waals surface area contributed by atoms with Crippen molar-refractivity contribution in [3.8, 4) is 0 Å². The van der Waals surface area contributed by atoms with E-state index in [1.165, 1.54) is 10.8 Å². The van der Waals surface area contributed by atoms with Crippen molar-refractivity contribution >= 4 is 0 Å². The third kappa shape index (κ3) is 4.81. The number of H-pyrrole nitrogens is 1. The van der Waals surface area contributed by atoms with Gasteiger partial charge in [-0.2, -0.15) is 0 Å². The van der Waals surface area contributed by atoms with Crippen LogP contribution in [-0.2, 0) is 15.1 Å². The second-order valence-corrected chi connectivity index (χ2v) is 9.38. The van der Waals surface area contributed by atoms with Crippen molar-refractivity contribution in [1.29, 1.82) is 0 Å². The summed E-state index contributed by atoms with van der Waals surface area (Å²) in [5, 5.41) is 10.2. The van der Waals surface area contributed by atoms with Crippen molar-refractivity contribution in [1.82, 2.24) is 9.55 Å². The molecule has 2 N–H and O–H groups in total. The molecular formula is C30H30N2O5. The van der Waals surface area contributed by atoms with Crippen molar-refractivity contribution in [2.45, 2.75) is 31.3 Å². The molecule has 0 aliphatic carbocycles. The van der Waals surface area contributed by atoms with Crippen LogP contribution in [0.4, 0.5) is 0 Å². The number of benzene rings is 3. The number of rotatable bonds is 8. The highest BCUT2D eigenvalue weighted by Gasteiger charge is 2.42. The standard InChI is InChI=1S/C30H30N2O5/c1-21-18-32(29(35)31-28(21)34)27-17-22(19-33)26(37-27)20-36-30(23-11-5-2-6-12-23,24-13-7-3-8-14-24)25-15-9-4-10-16-25/h2-16,18,22,26-27,33H,17,19-20H2,1H3,(H,31,34,35)/t22-,26+,27+/m0/s1. The molecule has 3 atom stereocenters. The van der Waals surface area contributed by atoms with Gasteiger partial charge in [-0.25, -0.2) is 4.79 Å². The minimum atomic E-state index is -0.920. The number of aliphatic hydroxyl groups excluding tert-OH is 1. The lowest BCUT2D eigenvalue weighted by atomic mass is 9.80. The van der Waals surface area contributed by atoms with Crippen molar-refractivity contribution < 1.29 is 14.6 Å². The third-order valence-corrected chi connectivity index (χ3v) is 7.06. The zero-order chi connectivity index (χ0) is 25.8. The Hall–Kier alpha value is -3.78. The van der Waals surface area contributed by atoms with Crippen LogP contribution in [-0.4, -0.2) is 34.0 Å². The van der Waals surface area contributed by atoms with Gasteiger partial charge >= 0.3 is 5.69 Å². The lowest BCUT2D eigenvalue weighted by molar-refractivity contribution is -0.0877. The van der Waals surface area contributed by atoms with E-state index in [2.05, 4.69) is 4.98 Å². The number of aliphatic hydroxyl groups is 1. The van der Waals surface area contributed by atoms with Crippen LogP contribution in [0.2, 0.25) is 0 Å². The van der Waals surface area contributed by atoms with Gasteiger partial charge in [-0.3, -0.25) is 14.3 Å². The summed E-state index contributed by atoms with van der Waals surface area (Å²) in [6.45, 7) is 1.70. The molecule has 190 valence electrons. The molecule has 0 radical (unpaired) electrons. The molecule has 0 amide bonds. The van der Waals surface area contributed by atoms with E-state index >= 15 is 0 Å². The molecule has 7 heteroatoms. The molecule has 0 saturated carbocycles. The summed E-state index contributed by atoms with van der Waals surface area (Å²) in [5.41, 5.74) is 1.44. The minimum Gasteiger partial charge on any atom is -0.396 e. The van der Waals surface area contributed by atoms with E-state index in [4.69, 9.17) is 9.47 Å². The molecule has 3 aromatic carbocycles. The molecule has 0 bridgehead atoms. The summed E-state index contributed by atoms with van der Waals surface area (Å²) < 4.78 is 14.6. The van der Waals surface area contributed by atoms with Gasteiger partial charge in [0.15, 0.2) is 0 Å². The van der Waals surface area contributed by atoms with Crippen LogP contribution in [0, 0.1) is 12.8 Å². The maximum atomic E-state index is 12.5. The van der Waals surface area contributed by atoms with Crippen LogP contribution in [0.3, 0.4) is 0 Å². The first-order chi connectivity index (χ1) is 18.0. The Labute approximate surface area is 215 Å². The zero-order valence-corrected chi connectivity index (χ0v) is 20.6. The summed E-state index contributed by atoms with van der Waals surface area (Å²) >= 11 is 0. The normalized spacial score (nSPS) is 19.7. The molecule has 0 unspecified atom stereocenters. The SMILES string of the molecule is Cc1cn([C@H]2C[C@@H](CO)[C@@H](COC(c3ccccc3)(c3ccccc3)c3ccccc3)O2)c(=O)[nH]c1=O. The predicted octanol–water partition coefficient (Wildman–Crippen LogP) is 3.75. The Morgan fingerprint density at radius 2 is 1.43 bits per heavy atom. The first-order valence-electron chi connectivity index (χ1n) is 12.4. The Kier molecular flexibility index (Phi) is 7.19. The van der Waals surface area contributed by atoms with Crippen molar-refractivity contribution in [3.05, 3.63) is 140 Å². The Morgan fingerprint density at radius 3 is 1.92 bits per heavy atom. The largest absolute Gasteiger partial charge is 0.396 e. The fourth-order valence-corrected chi connectivity index (χ4v) is 5.10. The van der Waals surface area contributed by atoms with Gasteiger partial charge in [0.1, 0.15) is 11.8 Å². The highest BCUT2D eigenvalue weighted by Crippen LogP contribution is 2.42. The van der Waals surface area contributed by atoms with Gasteiger partial charge in [-0.05, 0) is 23.6 Å². The first-order valence-corrected chi connectivity index (χ1v) is 12.4. The van der Waals surface area contributed by atoms with Gasteiger partial charge in [0.2, 0.25) is 0 Å². The van der Waals surface area contributed by atoms with Crippen LogP contribution < -0.4 is 11.2 Å². The van der Waals surface area contributed by atoms with Crippen LogP contribution >= 0.6 is 0 Å². The molecule has 37 heavy (non-hydrogen) atoms. The molecule has 7 nitrogen and oxygen atoms in total. The average molecular weight is 499 g/mol. The van der Waals surface area contributed by atoms with Crippen LogP contribution in [0.5, 0.6) is 0 Å². The number of nitrogens with zero attached hydrogens (tertiary/aromatic N) is 1. The summed E-state index contributed by atoms with van der Waals surface area (Å²) in [6.07, 6.45) is 0.842. The zero-order valence-electron chi connectivity index (χ0n) is 20.6. The summed E-state index contributed by atoms with van der Waals surface area (Å²) in [7, 11) is 0. The number of aromatic nitrogens is 2. The van der Waals surface area contributed by atoms with Gasteiger partial charge in [0, 0.05) is 30.7 Å². The van der Waals surface area contributed by atoms with Crippen LogP contribution in [0.1, 0.15) is 34.9 Å². The summed E-state index contributed by atoms with van der Waals surface area (Å²) in [5.74, 6) is -0.246. The number of nitrogens with one attached hydrogen (secondary N) is 1. The van der Waals surface area contributed by atoms with Gasteiger partial charge in [-0.1, -0.05) is 91.0 Å². The molecule has 5 rings (SSSR count). The summed E-state index contributed by atoms with van der Waals surface area (Å²) in [6, 6.07) is 30.1. The van der Waals surface area contributed by atoms with Crippen molar-refractivity contribution in [2.24, 2.45) is 5.92 Å². The number of aryl methyl sites for hydroxylation is 1. The highest BCUT2D eigenvalue weighted by molar-refractivity contribution is 5.47. The maximum Gasteiger partial charge on any atom is 0.330 e. The monoisotopic (exact) mass is 498 g/mol. The van der Waals surface area contributed by atoms with E-state index in [9.17, 15) is 14.7 Å². The highest BCUT2D eigenvalue weighted by atomic mass is 16.6. The van der Waals surface area contributed by atoms with E-state index < -0.39 is 29.2 Å². The molecule has 1 aromatic heterocycles. The van der Waals surface area contributed by atoms with Crippen molar-refractivity contribution in [2.75, 3.05) is 13.2 Å². The third-order valence-electron chi connectivity index (χ3n) is 7.06. The van der Waals surface area contributed by atoms with E-state index in [0.29, 0.717) is 12.0 Å². The number of aromatic amines is 1. The first kappa shape index (κ1) is 24.9. The molecule has 2 heterocycles. The van der Waals surface area contributed by atoms with Gasteiger partial charge in [-0.15, -0.1) is 0 Å². The summed E-state index contributed by atoms with van der Waals surface area (Å²) in [4.78, 5) is 26.7. The second-order valence-electron chi connectivity index (χ2n) is 9.38. The lowest BCUT2D eigenvalue weighted by Crippen LogP contribution is -2.37.